The highest BCUT2D eigenvalue weighted by atomic mass is 16.2. The Morgan fingerprint density at radius 3 is 2.80 bits per heavy atom. The largest absolute Gasteiger partial charge is 0.340 e. The highest BCUT2D eigenvalue weighted by Gasteiger charge is 2.48. The molecule has 5 heteroatoms. The van der Waals surface area contributed by atoms with Crippen LogP contribution in [-0.2, 0) is 16.1 Å². The van der Waals surface area contributed by atoms with Gasteiger partial charge in [0.05, 0.1) is 6.54 Å². The highest BCUT2D eigenvalue weighted by Crippen LogP contribution is 2.33. The molecule has 2 heterocycles. The van der Waals surface area contributed by atoms with Crippen molar-refractivity contribution in [3.8, 4) is 0 Å². The van der Waals surface area contributed by atoms with Crippen molar-refractivity contribution in [3.05, 3.63) is 29.6 Å². The highest BCUT2D eigenvalue weighted by molar-refractivity contribution is 5.98. The van der Waals surface area contributed by atoms with E-state index in [0.29, 0.717) is 6.54 Å². The molecule has 2 amide bonds. The van der Waals surface area contributed by atoms with Gasteiger partial charge in [-0.2, -0.15) is 0 Å². The number of piperazine rings is 1. The van der Waals surface area contributed by atoms with E-state index in [1.54, 1.807) is 17.3 Å². The van der Waals surface area contributed by atoms with Gasteiger partial charge in [-0.3, -0.25) is 14.6 Å². The van der Waals surface area contributed by atoms with Crippen LogP contribution >= 0.6 is 0 Å². The molecule has 1 spiro atoms. The van der Waals surface area contributed by atoms with E-state index >= 15 is 0 Å². The second-order valence-corrected chi connectivity index (χ2v) is 5.80. The lowest BCUT2D eigenvalue weighted by Gasteiger charge is -2.39. The van der Waals surface area contributed by atoms with Gasteiger partial charge in [0, 0.05) is 18.9 Å². The van der Waals surface area contributed by atoms with Gasteiger partial charge in [0.1, 0.15) is 5.54 Å². The molecule has 1 aliphatic heterocycles. The first-order valence-electron chi connectivity index (χ1n) is 7.11. The molecule has 0 atom stereocenters. The number of pyridine rings is 1. The van der Waals surface area contributed by atoms with Crippen LogP contribution in [0.2, 0.25) is 0 Å². The summed E-state index contributed by atoms with van der Waals surface area (Å²) in [6, 6.07) is 1.93. The Morgan fingerprint density at radius 1 is 1.35 bits per heavy atom. The number of amides is 2. The summed E-state index contributed by atoms with van der Waals surface area (Å²) in [5.74, 6) is 0.0193. The molecular formula is C15H19N3O2. The fraction of sp³-hybridized carbons (Fsp3) is 0.533. The van der Waals surface area contributed by atoms with E-state index in [-0.39, 0.29) is 18.4 Å². The molecule has 0 radical (unpaired) electrons. The van der Waals surface area contributed by atoms with Gasteiger partial charge in [-0.15, -0.1) is 0 Å². The monoisotopic (exact) mass is 273 g/mol. The van der Waals surface area contributed by atoms with E-state index in [1.807, 2.05) is 13.0 Å². The zero-order valence-electron chi connectivity index (χ0n) is 11.7. The molecule has 1 saturated carbocycles. The summed E-state index contributed by atoms with van der Waals surface area (Å²) in [6.45, 7) is 2.61. The minimum absolute atomic E-state index is 0.0481. The van der Waals surface area contributed by atoms with Gasteiger partial charge in [-0.25, -0.2) is 0 Å². The third kappa shape index (κ3) is 2.17. The van der Waals surface area contributed by atoms with E-state index in [9.17, 15) is 9.59 Å². The minimum atomic E-state index is -0.633. The summed E-state index contributed by atoms with van der Waals surface area (Å²) >= 11 is 0. The zero-order chi connectivity index (χ0) is 14.2. The van der Waals surface area contributed by atoms with Crippen LogP contribution in [0.1, 0.15) is 36.8 Å². The second kappa shape index (κ2) is 4.89. The Morgan fingerprint density at radius 2 is 2.10 bits per heavy atom. The number of hydrogen-bond donors (Lipinski definition) is 1. The molecule has 0 aromatic carbocycles. The number of nitrogens with zero attached hydrogens (tertiary/aromatic N) is 2. The first-order valence-corrected chi connectivity index (χ1v) is 7.11. The molecule has 5 nitrogen and oxygen atoms in total. The number of rotatable bonds is 2. The second-order valence-electron chi connectivity index (χ2n) is 5.80. The molecular weight excluding hydrogens is 254 g/mol. The maximum atomic E-state index is 12.7. The number of aromatic nitrogens is 1. The Bertz CT molecular complexity index is 550. The van der Waals surface area contributed by atoms with E-state index in [4.69, 9.17) is 0 Å². The van der Waals surface area contributed by atoms with Gasteiger partial charge in [0.15, 0.2) is 0 Å². The van der Waals surface area contributed by atoms with Gasteiger partial charge < -0.3 is 10.2 Å². The van der Waals surface area contributed by atoms with Crippen LogP contribution in [0.25, 0.3) is 0 Å². The summed E-state index contributed by atoms with van der Waals surface area (Å²) in [5, 5.41) is 2.93. The summed E-state index contributed by atoms with van der Waals surface area (Å²) in [4.78, 5) is 30.4. The van der Waals surface area contributed by atoms with Gasteiger partial charge in [-0.1, -0.05) is 12.8 Å². The Hall–Kier alpha value is -1.91. The van der Waals surface area contributed by atoms with Crippen molar-refractivity contribution in [2.24, 2.45) is 0 Å². The molecule has 1 aromatic heterocycles. The Balaban J connectivity index is 1.84. The number of carbonyl (C=O) groups is 2. The fourth-order valence-corrected chi connectivity index (χ4v) is 3.22. The predicted molar refractivity (Wildman–Crippen MR) is 73.7 cm³/mol. The van der Waals surface area contributed by atoms with E-state index < -0.39 is 5.54 Å². The standard InChI is InChI=1S/C15H19N3O2/c1-11-4-7-16-8-12(11)9-18-10-13(19)17-15(14(18)20)5-2-3-6-15/h4,7-8H,2-3,5-6,9-10H2,1H3,(H,17,19). The fourth-order valence-electron chi connectivity index (χ4n) is 3.22. The van der Waals surface area contributed by atoms with Crippen molar-refractivity contribution in [2.45, 2.75) is 44.7 Å². The van der Waals surface area contributed by atoms with Gasteiger partial charge in [0.2, 0.25) is 11.8 Å². The first-order chi connectivity index (χ1) is 9.61. The van der Waals surface area contributed by atoms with E-state index in [1.165, 1.54) is 0 Å². The lowest BCUT2D eigenvalue weighted by Crippen LogP contribution is -2.65. The Kier molecular flexibility index (Phi) is 3.20. The van der Waals surface area contributed by atoms with Crippen LogP contribution in [0.15, 0.2) is 18.5 Å². The van der Waals surface area contributed by atoms with Crippen LogP contribution in [0.5, 0.6) is 0 Å². The van der Waals surface area contributed by atoms with Crippen molar-refractivity contribution < 1.29 is 9.59 Å². The summed E-state index contributed by atoms with van der Waals surface area (Å²) in [5.41, 5.74) is 1.47. The predicted octanol–water partition coefficient (Wildman–Crippen LogP) is 1.16. The topological polar surface area (TPSA) is 62.3 Å². The maximum absolute atomic E-state index is 12.7. The average Bonchev–Trinajstić information content (AvgIpc) is 2.87. The van der Waals surface area contributed by atoms with Crippen molar-refractivity contribution in [1.29, 1.82) is 0 Å². The molecule has 0 bridgehead atoms. The molecule has 2 aliphatic rings. The normalized spacial score (nSPS) is 21.4. The number of aryl methyl sites for hydroxylation is 1. The van der Waals surface area contributed by atoms with Crippen LogP contribution in [0.3, 0.4) is 0 Å². The van der Waals surface area contributed by atoms with Crippen molar-refractivity contribution in [2.75, 3.05) is 6.54 Å². The number of hydrogen-bond acceptors (Lipinski definition) is 3. The van der Waals surface area contributed by atoms with Gasteiger partial charge in [0.25, 0.3) is 0 Å². The molecule has 1 aromatic rings. The molecule has 1 saturated heterocycles. The maximum Gasteiger partial charge on any atom is 0.249 e. The van der Waals surface area contributed by atoms with Crippen LogP contribution < -0.4 is 5.32 Å². The SMILES string of the molecule is Cc1ccncc1CN1CC(=O)NC2(CCCC2)C1=O. The van der Waals surface area contributed by atoms with Crippen LogP contribution in [0, 0.1) is 6.92 Å². The van der Waals surface area contributed by atoms with Gasteiger partial charge >= 0.3 is 0 Å². The van der Waals surface area contributed by atoms with Crippen molar-refractivity contribution in [3.63, 3.8) is 0 Å². The lowest BCUT2D eigenvalue weighted by molar-refractivity contribution is -0.150. The number of carbonyl (C=O) groups excluding carboxylic acids is 2. The molecule has 106 valence electrons. The third-order valence-electron chi connectivity index (χ3n) is 4.38. The molecule has 2 fully saturated rings. The van der Waals surface area contributed by atoms with Crippen molar-refractivity contribution in [1.82, 2.24) is 15.2 Å². The molecule has 20 heavy (non-hydrogen) atoms. The zero-order valence-corrected chi connectivity index (χ0v) is 11.7. The molecule has 1 aliphatic carbocycles. The summed E-state index contributed by atoms with van der Waals surface area (Å²) in [7, 11) is 0. The quantitative estimate of drug-likeness (QED) is 0.879. The smallest absolute Gasteiger partial charge is 0.249 e. The number of nitrogens with one attached hydrogen (secondary N) is 1. The van der Waals surface area contributed by atoms with E-state index in [2.05, 4.69) is 10.3 Å². The summed E-state index contributed by atoms with van der Waals surface area (Å²) < 4.78 is 0. The average molecular weight is 273 g/mol. The van der Waals surface area contributed by atoms with Gasteiger partial charge in [-0.05, 0) is 37.0 Å². The van der Waals surface area contributed by atoms with E-state index in [0.717, 1.165) is 36.8 Å². The minimum Gasteiger partial charge on any atom is -0.340 e. The lowest BCUT2D eigenvalue weighted by atomic mass is 9.92. The van der Waals surface area contributed by atoms with Crippen LogP contribution in [-0.4, -0.2) is 33.8 Å². The summed E-state index contributed by atoms with van der Waals surface area (Å²) in [6.07, 6.45) is 7.05. The van der Waals surface area contributed by atoms with Crippen molar-refractivity contribution >= 4 is 11.8 Å². The first kappa shape index (κ1) is 13.1. The third-order valence-corrected chi connectivity index (χ3v) is 4.38. The molecule has 0 unspecified atom stereocenters. The molecule has 1 N–H and O–H groups in total. The Labute approximate surface area is 118 Å². The van der Waals surface area contributed by atoms with Crippen LogP contribution in [0.4, 0.5) is 0 Å². The molecule has 3 rings (SSSR count).